The smallest absolute Gasteiger partial charge is 0.243 e. The number of benzene rings is 1. The van der Waals surface area contributed by atoms with Crippen LogP contribution in [-0.2, 0) is 25.1 Å². The van der Waals surface area contributed by atoms with Gasteiger partial charge in [0.25, 0.3) is 0 Å². The number of hydrogen-bond acceptors (Lipinski definition) is 6. The van der Waals surface area contributed by atoms with Crippen molar-refractivity contribution < 1.29 is 17.9 Å². The third-order valence-corrected chi connectivity index (χ3v) is 10.2. The van der Waals surface area contributed by atoms with Gasteiger partial charge in [-0.15, -0.1) is 5.10 Å². The molecule has 11 heteroatoms. The topological polar surface area (TPSA) is 106 Å². The summed E-state index contributed by atoms with van der Waals surface area (Å²) in [6, 6.07) is 6.58. The number of carbonyl (C=O) groups is 1. The Labute approximate surface area is 203 Å². The zero-order chi connectivity index (χ0) is 23.6. The molecule has 1 aromatic carbocycles. The molecule has 7 rings (SSSR count). The highest BCUT2D eigenvalue weighted by atomic mass is 35.5. The molecular weight excluding hydrogens is 478 g/mol. The summed E-state index contributed by atoms with van der Waals surface area (Å²) >= 11 is 6.03. The fraction of sp³-hybridized carbons (Fsp3) is 0.609. The van der Waals surface area contributed by atoms with Crippen molar-refractivity contribution >= 4 is 33.2 Å². The molecule has 4 atom stereocenters. The maximum Gasteiger partial charge on any atom is 0.243 e. The molecule has 2 heterocycles. The Hall–Kier alpha value is -2.01. The molecule has 1 aliphatic heterocycles. The number of rotatable bonds is 5. The normalized spacial score (nSPS) is 33.2. The van der Waals surface area contributed by atoms with Gasteiger partial charge in [0.1, 0.15) is 6.33 Å². The molecule has 4 aliphatic carbocycles. The maximum atomic E-state index is 13.7. The molecule has 5 fully saturated rings. The Morgan fingerprint density at radius 1 is 1.15 bits per heavy atom. The number of nitrogens with zero attached hydrogens (tertiary/aromatic N) is 4. The number of morpholine rings is 1. The van der Waals surface area contributed by atoms with Crippen LogP contribution in [0, 0.1) is 17.3 Å². The average molecular weight is 506 g/mol. The zero-order valence-corrected chi connectivity index (χ0v) is 20.4. The van der Waals surface area contributed by atoms with Crippen LogP contribution in [0.4, 0.5) is 5.69 Å². The number of nitrogens with one attached hydrogen (secondary N) is 1. The molecule has 9 nitrogen and oxygen atoms in total. The van der Waals surface area contributed by atoms with Crippen LogP contribution in [-0.4, -0.2) is 59.7 Å². The van der Waals surface area contributed by atoms with Crippen LogP contribution in [0.5, 0.6) is 0 Å². The van der Waals surface area contributed by atoms with E-state index in [1.165, 1.54) is 4.31 Å². The maximum absolute atomic E-state index is 13.7. The minimum absolute atomic E-state index is 0.0295. The monoisotopic (exact) mass is 505 g/mol. The molecule has 1 amide bonds. The zero-order valence-electron chi connectivity index (χ0n) is 18.8. The van der Waals surface area contributed by atoms with Crippen LogP contribution in [0.1, 0.15) is 38.5 Å². The second-order valence-corrected chi connectivity index (χ2v) is 12.7. The fourth-order valence-corrected chi connectivity index (χ4v) is 8.73. The highest BCUT2D eigenvalue weighted by Gasteiger charge is 2.61. The van der Waals surface area contributed by atoms with Crippen molar-refractivity contribution in [2.75, 3.05) is 31.6 Å². The number of anilines is 1. The van der Waals surface area contributed by atoms with Gasteiger partial charge in [0, 0.05) is 18.8 Å². The minimum Gasteiger partial charge on any atom is -0.379 e. The largest absolute Gasteiger partial charge is 0.379 e. The van der Waals surface area contributed by atoms with Crippen LogP contribution < -0.4 is 5.32 Å². The molecule has 182 valence electrons. The van der Waals surface area contributed by atoms with Crippen LogP contribution in [0.15, 0.2) is 35.5 Å². The fourth-order valence-electron chi connectivity index (χ4n) is 7.15. The van der Waals surface area contributed by atoms with E-state index in [0.29, 0.717) is 50.2 Å². The molecule has 1 aromatic heterocycles. The quantitative estimate of drug-likeness (QED) is 0.669. The molecule has 2 aromatic rings. The molecule has 4 bridgehead atoms. The molecule has 1 saturated heterocycles. The van der Waals surface area contributed by atoms with Gasteiger partial charge in [-0.05, 0) is 80.2 Å². The minimum atomic E-state index is -3.64. The van der Waals surface area contributed by atoms with Gasteiger partial charge in [0.15, 0.2) is 0 Å². The van der Waals surface area contributed by atoms with Crippen molar-refractivity contribution in [3.05, 3.63) is 35.9 Å². The highest BCUT2D eigenvalue weighted by molar-refractivity contribution is 7.89. The highest BCUT2D eigenvalue weighted by Crippen LogP contribution is 2.64. The number of carbonyl (C=O) groups excluding carboxylic acids is 1. The third-order valence-electron chi connectivity index (χ3n) is 8.16. The summed E-state index contributed by atoms with van der Waals surface area (Å²) in [5, 5.41) is 7.72. The predicted molar refractivity (Wildman–Crippen MR) is 125 cm³/mol. The van der Waals surface area contributed by atoms with Crippen molar-refractivity contribution in [3.8, 4) is 0 Å². The lowest BCUT2D eigenvalue weighted by atomic mass is 9.46. The molecular formula is C23H28ClN5O4S. The lowest BCUT2D eigenvalue weighted by Gasteiger charge is -2.60. The van der Waals surface area contributed by atoms with E-state index in [1.54, 1.807) is 30.6 Å². The Bertz CT molecular complexity index is 1210. The number of aromatic nitrogens is 3. The van der Waals surface area contributed by atoms with Gasteiger partial charge in [-0.2, -0.15) is 4.31 Å². The summed E-state index contributed by atoms with van der Waals surface area (Å²) < 4.78 is 34.8. The number of halogens is 1. The summed E-state index contributed by atoms with van der Waals surface area (Å²) in [6.45, 7) is 1.44. The van der Waals surface area contributed by atoms with Crippen molar-refractivity contribution in [1.29, 1.82) is 0 Å². The molecule has 1 N–H and O–H groups in total. The standard InChI is InChI=1S/C23H28ClN5O4S/c24-21-25-15-29(27-21)23-12-16-8-17(13-23)11-22(10-16,14-23)20(30)26-18-2-1-3-19(9-18)34(31,32)28-4-6-33-7-5-28/h1-3,9,15-17H,4-8,10-14H2,(H,26,30)/t16-,17+,22?,23?. The predicted octanol–water partition coefficient (Wildman–Crippen LogP) is 2.89. The van der Waals surface area contributed by atoms with Gasteiger partial charge >= 0.3 is 0 Å². The summed E-state index contributed by atoms with van der Waals surface area (Å²) in [5.74, 6) is 0.893. The average Bonchev–Trinajstić information content (AvgIpc) is 3.26. The molecule has 0 radical (unpaired) electrons. The molecule has 4 saturated carbocycles. The van der Waals surface area contributed by atoms with E-state index in [4.69, 9.17) is 16.3 Å². The second kappa shape index (κ2) is 8.01. The van der Waals surface area contributed by atoms with E-state index in [2.05, 4.69) is 15.4 Å². The van der Waals surface area contributed by atoms with E-state index in [-0.39, 0.29) is 21.6 Å². The van der Waals surface area contributed by atoms with Gasteiger partial charge in [-0.25, -0.2) is 18.1 Å². The van der Waals surface area contributed by atoms with Crippen molar-refractivity contribution in [1.82, 2.24) is 19.1 Å². The van der Waals surface area contributed by atoms with E-state index >= 15 is 0 Å². The van der Waals surface area contributed by atoms with Crippen LogP contribution in [0.3, 0.4) is 0 Å². The van der Waals surface area contributed by atoms with Gasteiger partial charge in [-0.3, -0.25) is 4.79 Å². The van der Waals surface area contributed by atoms with Crippen LogP contribution >= 0.6 is 11.6 Å². The van der Waals surface area contributed by atoms with Gasteiger partial charge in [-0.1, -0.05) is 6.07 Å². The summed E-state index contributed by atoms with van der Waals surface area (Å²) in [5.41, 5.74) is -0.224. The first kappa shape index (κ1) is 22.5. The summed E-state index contributed by atoms with van der Waals surface area (Å²) in [6.07, 6.45) is 7.23. The van der Waals surface area contributed by atoms with Crippen molar-refractivity contribution in [2.45, 2.75) is 49.0 Å². The summed E-state index contributed by atoms with van der Waals surface area (Å²) in [4.78, 5) is 18.1. The first-order chi connectivity index (χ1) is 16.3. The summed E-state index contributed by atoms with van der Waals surface area (Å²) in [7, 11) is -3.64. The first-order valence-electron chi connectivity index (χ1n) is 11.9. The Kier molecular flexibility index (Phi) is 5.29. The number of hydrogen-bond donors (Lipinski definition) is 1. The van der Waals surface area contributed by atoms with E-state index in [0.717, 1.165) is 32.1 Å². The Morgan fingerprint density at radius 2 is 1.88 bits per heavy atom. The van der Waals surface area contributed by atoms with Crippen molar-refractivity contribution in [2.24, 2.45) is 17.3 Å². The SMILES string of the molecule is O=C(Nc1cccc(S(=O)(=O)N2CCOCC2)c1)C12C[C@H]3C[C@@H](C1)CC(n1cnc(Cl)n1)(C3)C2. The Morgan fingerprint density at radius 3 is 2.56 bits per heavy atom. The first-order valence-corrected chi connectivity index (χ1v) is 13.7. The third kappa shape index (κ3) is 3.66. The molecule has 0 spiro atoms. The Balaban J connectivity index is 1.26. The van der Waals surface area contributed by atoms with Gasteiger partial charge < -0.3 is 10.1 Å². The van der Waals surface area contributed by atoms with E-state index < -0.39 is 15.4 Å². The molecule has 34 heavy (non-hydrogen) atoms. The van der Waals surface area contributed by atoms with Crippen LogP contribution in [0.25, 0.3) is 0 Å². The van der Waals surface area contributed by atoms with Gasteiger partial charge in [0.05, 0.1) is 29.1 Å². The van der Waals surface area contributed by atoms with E-state index in [9.17, 15) is 13.2 Å². The van der Waals surface area contributed by atoms with Crippen molar-refractivity contribution in [3.63, 3.8) is 0 Å². The lowest BCUT2D eigenvalue weighted by molar-refractivity contribution is -0.150. The lowest BCUT2D eigenvalue weighted by Crippen LogP contribution is -2.60. The number of sulfonamides is 1. The molecule has 2 unspecified atom stereocenters. The van der Waals surface area contributed by atoms with Gasteiger partial charge in [0.2, 0.25) is 21.2 Å². The second-order valence-electron chi connectivity index (χ2n) is 10.4. The number of ether oxygens (including phenoxy) is 1. The van der Waals surface area contributed by atoms with E-state index in [1.807, 2.05) is 4.68 Å². The number of amides is 1. The molecule has 5 aliphatic rings. The van der Waals surface area contributed by atoms with Crippen LogP contribution in [0.2, 0.25) is 5.28 Å².